The molecule has 5 aromatic rings. The highest BCUT2D eigenvalue weighted by molar-refractivity contribution is 5.91. The van der Waals surface area contributed by atoms with Crippen LogP contribution in [0.1, 0.15) is 11.1 Å². The Bertz CT molecular complexity index is 1530. The maximum absolute atomic E-state index is 13.3. The van der Waals surface area contributed by atoms with Crippen molar-refractivity contribution in [2.45, 2.75) is 13.8 Å². The number of hydrogen-bond acceptors (Lipinski definition) is 2. The molecule has 0 bridgehead atoms. The van der Waals surface area contributed by atoms with Gasteiger partial charge in [0.05, 0.1) is 16.6 Å². The lowest BCUT2D eigenvalue weighted by Crippen LogP contribution is -2.33. The van der Waals surface area contributed by atoms with Gasteiger partial charge in [0.25, 0.3) is 5.56 Å². The predicted molar refractivity (Wildman–Crippen MR) is 123 cm³/mol. The Labute approximate surface area is 173 Å². The topological polar surface area (TPSA) is 54.9 Å². The molecule has 0 aliphatic rings. The van der Waals surface area contributed by atoms with Gasteiger partial charge in [0.15, 0.2) is 0 Å². The molecule has 146 valence electrons. The van der Waals surface area contributed by atoms with E-state index in [0.717, 1.165) is 33.0 Å². The van der Waals surface area contributed by atoms with Gasteiger partial charge in [-0.3, -0.25) is 4.79 Å². The van der Waals surface area contributed by atoms with Crippen molar-refractivity contribution in [1.82, 2.24) is 9.55 Å². The van der Waals surface area contributed by atoms with Crippen LogP contribution < -0.4 is 11.2 Å². The van der Waals surface area contributed by atoms with Gasteiger partial charge in [-0.15, -0.1) is 0 Å². The summed E-state index contributed by atoms with van der Waals surface area (Å²) >= 11 is 0. The molecule has 0 fully saturated rings. The Morgan fingerprint density at radius 1 is 0.733 bits per heavy atom. The number of aromatic amines is 1. The molecular formula is C26H20N2O2. The second kappa shape index (κ2) is 6.85. The second-order valence-electron chi connectivity index (χ2n) is 7.60. The van der Waals surface area contributed by atoms with Gasteiger partial charge >= 0.3 is 5.69 Å². The molecule has 0 saturated heterocycles. The summed E-state index contributed by atoms with van der Waals surface area (Å²) in [6.07, 6.45) is 0. The van der Waals surface area contributed by atoms with Crippen LogP contribution in [0.4, 0.5) is 0 Å². The molecule has 0 aliphatic carbocycles. The van der Waals surface area contributed by atoms with E-state index in [1.165, 1.54) is 4.57 Å². The summed E-state index contributed by atoms with van der Waals surface area (Å²) in [6, 6.07) is 25.2. The molecular weight excluding hydrogens is 372 g/mol. The SMILES string of the molecule is Cc1cccc(C)c1-c1ccc2c(=O)n(-c3cccc4ccccc34)c(=O)[nH]c2c1. The Morgan fingerprint density at radius 2 is 1.43 bits per heavy atom. The maximum Gasteiger partial charge on any atom is 0.333 e. The van der Waals surface area contributed by atoms with Crippen molar-refractivity contribution in [1.29, 1.82) is 0 Å². The first-order chi connectivity index (χ1) is 14.5. The van der Waals surface area contributed by atoms with E-state index in [4.69, 9.17) is 0 Å². The Morgan fingerprint density at radius 3 is 2.23 bits per heavy atom. The van der Waals surface area contributed by atoms with Crippen LogP contribution in [0, 0.1) is 13.8 Å². The third-order valence-electron chi connectivity index (χ3n) is 5.68. The van der Waals surface area contributed by atoms with Gasteiger partial charge in [0.2, 0.25) is 0 Å². The summed E-state index contributed by atoms with van der Waals surface area (Å²) in [6.45, 7) is 4.13. The van der Waals surface area contributed by atoms with Crippen molar-refractivity contribution < 1.29 is 0 Å². The van der Waals surface area contributed by atoms with E-state index in [0.29, 0.717) is 16.6 Å². The van der Waals surface area contributed by atoms with Gasteiger partial charge in [-0.25, -0.2) is 9.36 Å². The minimum Gasteiger partial charge on any atom is -0.306 e. The molecule has 0 amide bonds. The van der Waals surface area contributed by atoms with Gasteiger partial charge in [-0.05, 0) is 59.7 Å². The zero-order valence-electron chi connectivity index (χ0n) is 16.8. The molecule has 4 aromatic carbocycles. The number of aryl methyl sites for hydroxylation is 2. The average molecular weight is 392 g/mol. The quantitative estimate of drug-likeness (QED) is 0.454. The summed E-state index contributed by atoms with van der Waals surface area (Å²) in [5.41, 5.74) is 4.78. The number of fused-ring (bicyclic) bond motifs is 2. The lowest BCUT2D eigenvalue weighted by atomic mass is 9.95. The molecule has 1 aromatic heterocycles. The summed E-state index contributed by atoms with van der Waals surface area (Å²) < 4.78 is 1.23. The van der Waals surface area contributed by atoms with Crippen molar-refractivity contribution in [3.05, 3.63) is 111 Å². The van der Waals surface area contributed by atoms with E-state index in [9.17, 15) is 9.59 Å². The first-order valence-corrected chi connectivity index (χ1v) is 9.88. The fourth-order valence-corrected chi connectivity index (χ4v) is 4.27. The lowest BCUT2D eigenvalue weighted by Gasteiger charge is -2.12. The number of rotatable bonds is 2. The number of benzene rings is 4. The number of hydrogen-bond donors (Lipinski definition) is 1. The molecule has 0 saturated carbocycles. The van der Waals surface area contributed by atoms with Gasteiger partial charge < -0.3 is 4.98 Å². The summed E-state index contributed by atoms with van der Waals surface area (Å²) in [7, 11) is 0. The van der Waals surface area contributed by atoms with Crippen molar-refractivity contribution in [3.63, 3.8) is 0 Å². The lowest BCUT2D eigenvalue weighted by molar-refractivity contribution is 0.908. The van der Waals surface area contributed by atoms with Crippen LogP contribution in [0.2, 0.25) is 0 Å². The Balaban J connectivity index is 1.78. The highest BCUT2D eigenvalue weighted by Crippen LogP contribution is 2.28. The summed E-state index contributed by atoms with van der Waals surface area (Å²) in [5, 5.41) is 2.32. The van der Waals surface area contributed by atoms with Gasteiger partial charge in [0.1, 0.15) is 0 Å². The highest BCUT2D eigenvalue weighted by Gasteiger charge is 2.13. The predicted octanol–water partition coefficient (Wildman–Crippen LogP) is 5.12. The first kappa shape index (κ1) is 18.1. The smallest absolute Gasteiger partial charge is 0.306 e. The molecule has 0 atom stereocenters. The maximum atomic E-state index is 13.3. The van der Waals surface area contributed by atoms with E-state index in [1.807, 2.05) is 54.6 Å². The van der Waals surface area contributed by atoms with Crippen LogP contribution in [0.15, 0.2) is 88.5 Å². The van der Waals surface area contributed by atoms with Crippen molar-refractivity contribution >= 4 is 21.7 Å². The standard InChI is InChI=1S/C26H20N2O2/c1-16-7-5-8-17(2)24(16)19-13-14-21-22(15-19)27-26(30)28(25(21)29)23-12-6-10-18-9-3-4-11-20(18)23/h3-15H,1-2H3,(H,27,30). The fourth-order valence-electron chi connectivity index (χ4n) is 4.27. The van der Waals surface area contributed by atoms with Gasteiger partial charge in [0, 0.05) is 5.39 Å². The van der Waals surface area contributed by atoms with E-state index in [1.54, 1.807) is 12.1 Å². The van der Waals surface area contributed by atoms with Crippen LogP contribution in [0.5, 0.6) is 0 Å². The molecule has 1 heterocycles. The number of H-pyrrole nitrogens is 1. The summed E-state index contributed by atoms with van der Waals surface area (Å²) in [4.78, 5) is 29.2. The van der Waals surface area contributed by atoms with Crippen molar-refractivity contribution in [3.8, 4) is 16.8 Å². The molecule has 0 unspecified atom stereocenters. The molecule has 4 heteroatoms. The van der Waals surface area contributed by atoms with E-state index in [2.05, 4.69) is 31.0 Å². The number of aromatic nitrogens is 2. The molecule has 0 spiro atoms. The van der Waals surface area contributed by atoms with E-state index in [-0.39, 0.29) is 5.56 Å². The van der Waals surface area contributed by atoms with Crippen LogP contribution >= 0.6 is 0 Å². The number of nitrogens with one attached hydrogen (secondary N) is 1. The molecule has 0 radical (unpaired) electrons. The molecule has 4 nitrogen and oxygen atoms in total. The zero-order chi connectivity index (χ0) is 20.8. The van der Waals surface area contributed by atoms with Crippen LogP contribution in [0.25, 0.3) is 38.5 Å². The van der Waals surface area contributed by atoms with Crippen LogP contribution in [-0.2, 0) is 0 Å². The molecule has 5 rings (SSSR count). The van der Waals surface area contributed by atoms with Crippen molar-refractivity contribution in [2.24, 2.45) is 0 Å². The zero-order valence-corrected chi connectivity index (χ0v) is 16.8. The Hall–Kier alpha value is -3.92. The monoisotopic (exact) mass is 392 g/mol. The first-order valence-electron chi connectivity index (χ1n) is 9.88. The number of nitrogens with zero attached hydrogens (tertiary/aromatic N) is 1. The van der Waals surface area contributed by atoms with Gasteiger partial charge in [-0.2, -0.15) is 0 Å². The molecule has 30 heavy (non-hydrogen) atoms. The highest BCUT2D eigenvalue weighted by atomic mass is 16.2. The normalized spacial score (nSPS) is 11.3. The van der Waals surface area contributed by atoms with E-state index < -0.39 is 5.69 Å². The van der Waals surface area contributed by atoms with Crippen LogP contribution in [0.3, 0.4) is 0 Å². The fraction of sp³-hybridized carbons (Fsp3) is 0.0769. The second-order valence-corrected chi connectivity index (χ2v) is 7.60. The molecule has 0 aliphatic heterocycles. The van der Waals surface area contributed by atoms with Crippen molar-refractivity contribution in [2.75, 3.05) is 0 Å². The Kier molecular flexibility index (Phi) is 4.14. The molecule has 1 N–H and O–H groups in total. The average Bonchev–Trinajstić information content (AvgIpc) is 2.73. The van der Waals surface area contributed by atoms with E-state index >= 15 is 0 Å². The summed E-state index contributed by atoms with van der Waals surface area (Å²) in [5.74, 6) is 0. The third-order valence-corrected chi connectivity index (χ3v) is 5.68. The van der Waals surface area contributed by atoms with Crippen LogP contribution in [-0.4, -0.2) is 9.55 Å². The van der Waals surface area contributed by atoms with Gasteiger partial charge in [-0.1, -0.05) is 60.7 Å². The minimum atomic E-state index is -0.442. The third kappa shape index (κ3) is 2.77. The largest absolute Gasteiger partial charge is 0.333 e. The minimum absolute atomic E-state index is 0.321.